The van der Waals surface area contributed by atoms with Crippen LogP contribution in [-0.2, 0) is 22.3 Å². The molecule has 1 fully saturated rings. The summed E-state index contributed by atoms with van der Waals surface area (Å²) in [6, 6.07) is 14.5. The Morgan fingerprint density at radius 3 is 2.44 bits per heavy atom. The maximum Gasteiger partial charge on any atom is 0.325 e. The summed E-state index contributed by atoms with van der Waals surface area (Å²) < 4.78 is 10.6. The van der Waals surface area contributed by atoms with Crippen molar-refractivity contribution in [3.63, 3.8) is 0 Å². The van der Waals surface area contributed by atoms with Crippen LogP contribution in [0, 0.1) is 0 Å². The van der Waals surface area contributed by atoms with Crippen molar-refractivity contribution in [1.29, 1.82) is 0 Å². The molecule has 1 saturated heterocycles. The van der Waals surface area contributed by atoms with Crippen LogP contribution in [0.2, 0.25) is 0 Å². The number of nitrogens with one attached hydrogen (secondary N) is 1. The Morgan fingerprint density at radius 1 is 1.09 bits per heavy atom. The van der Waals surface area contributed by atoms with E-state index in [9.17, 15) is 9.59 Å². The number of carbonyl (C=O) groups is 2. The highest BCUT2D eigenvalue weighted by Gasteiger charge is 2.49. The Hall–Kier alpha value is -3.68. The van der Waals surface area contributed by atoms with E-state index in [0.717, 1.165) is 10.5 Å². The van der Waals surface area contributed by atoms with Crippen molar-refractivity contribution < 1.29 is 18.8 Å². The van der Waals surface area contributed by atoms with Gasteiger partial charge in [-0.3, -0.25) is 9.69 Å². The predicted octanol–water partition coefficient (Wildman–Crippen LogP) is 4.01. The van der Waals surface area contributed by atoms with Crippen molar-refractivity contribution in [2.45, 2.75) is 45.2 Å². The number of urea groups is 1. The van der Waals surface area contributed by atoms with Crippen molar-refractivity contribution in [2.75, 3.05) is 7.11 Å². The second kappa shape index (κ2) is 7.78. The van der Waals surface area contributed by atoms with Crippen LogP contribution in [0.3, 0.4) is 0 Å². The Bertz CT molecular complexity index is 1160. The van der Waals surface area contributed by atoms with E-state index < -0.39 is 11.6 Å². The highest BCUT2D eigenvalue weighted by atomic mass is 16.5. The fraction of sp³-hybridized carbons (Fsp3) is 0.333. The van der Waals surface area contributed by atoms with Crippen molar-refractivity contribution >= 4 is 11.9 Å². The van der Waals surface area contributed by atoms with Gasteiger partial charge in [0.15, 0.2) is 0 Å². The van der Waals surface area contributed by atoms with Crippen LogP contribution in [0.15, 0.2) is 53.1 Å². The molecule has 8 nitrogen and oxygen atoms in total. The van der Waals surface area contributed by atoms with Gasteiger partial charge in [-0.1, -0.05) is 62.3 Å². The summed E-state index contributed by atoms with van der Waals surface area (Å²) in [7, 11) is 1.56. The third kappa shape index (κ3) is 3.72. The average Bonchev–Trinajstić information content (AvgIpc) is 3.32. The van der Waals surface area contributed by atoms with E-state index in [1.165, 1.54) is 0 Å². The number of carbonyl (C=O) groups excluding carboxylic acids is 2. The van der Waals surface area contributed by atoms with Gasteiger partial charge in [-0.15, -0.1) is 0 Å². The summed E-state index contributed by atoms with van der Waals surface area (Å²) in [4.78, 5) is 31.3. The van der Waals surface area contributed by atoms with Gasteiger partial charge in [0.2, 0.25) is 11.7 Å². The molecule has 0 saturated carbocycles. The molecule has 2 heterocycles. The normalized spacial score (nSPS) is 18.7. The minimum atomic E-state index is -1.17. The quantitative estimate of drug-likeness (QED) is 0.610. The van der Waals surface area contributed by atoms with Crippen molar-refractivity contribution in [2.24, 2.45) is 0 Å². The minimum absolute atomic E-state index is 0.00843. The first-order valence-corrected chi connectivity index (χ1v) is 10.3. The molecule has 3 aromatic rings. The van der Waals surface area contributed by atoms with Gasteiger partial charge in [0, 0.05) is 0 Å². The molecule has 1 aliphatic rings. The van der Waals surface area contributed by atoms with Crippen molar-refractivity contribution in [3.05, 3.63) is 65.5 Å². The zero-order valence-electron chi connectivity index (χ0n) is 18.8. The van der Waals surface area contributed by atoms with E-state index in [1.54, 1.807) is 26.2 Å². The molecule has 2 aromatic carbocycles. The highest BCUT2D eigenvalue weighted by molar-refractivity contribution is 6.07. The van der Waals surface area contributed by atoms with E-state index in [-0.39, 0.29) is 23.8 Å². The zero-order valence-corrected chi connectivity index (χ0v) is 18.8. The SMILES string of the molecule is COc1ccccc1-c1noc(CN2C(=O)NC(C)(c3ccc(C(C)(C)C)cc3)C2=O)n1. The molecule has 166 valence electrons. The molecule has 8 heteroatoms. The van der Waals surface area contributed by atoms with E-state index in [4.69, 9.17) is 9.26 Å². The number of nitrogens with zero attached hydrogens (tertiary/aromatic N) is 3. The molecule has 4 rings (SSSR count). The molecular weight excluding hydrogens is 408 g/mol. The minimum Gasteiger partial charge on any atom is -0.496 e. The van der Waals surface area contributed by atoms with E-state index in [1.807, 2.05) is 36.4 Å². The number of aromatic nitrogens is 2. The number of ether oxygens (including phenoxy) is 1. The Kier molecular flexibility index (Phi) is 5.24. The fourth-order valence-corrected chi connectivity index (χ4v) is 3.73. The van der Waals surface area contributed by atoms with Gasteiger partial charge in [0.05, 0.1) is 12.7 Å². The van der Waals surface area contributed by atoms with Crippen LogP contribution in [0.1, 0.15) is 44.7 Å². The van der Waals surface area contributed by atoms with Crippen LogP contribution in [0.25, 0.3) is 11.4 Å². The molecule has 0 bridgehead atoms. The number of hydrogen-bond donors (Lipinski definition) is 1. The summed E-state index contributed by atoms with van der Waals surface area (Å²) >= 11 is 0. The van der Waals surface area contributed by atoms with Gasteiger partial charge in [-0.05, 0) is 35.6 Å². The number of imide groups is 1. The Labute approximate surface area is 186 Å². The topological polar surface area (TPSA) is 97.6 Å². The van der Waals surface area contributed by atoms with Gasteiger partial charge in [-0.2, -0.15) is 4.98 Å². The third-order valence-electron chi connectivity index (χ3n) is 5.71. The van der Waals surface area contributed by atoms with Crippen LogP contribution in [-0.4, -0.2) is 34.1 Å². The van der Waals surface area contributed by atoms with Crippen LogP contribution >= 0.6 is 0 Å². The molecule has 1 atom stereocenters. The molecule has 0 spiro atoms. The second-order valence-corrected chi connectivity index (χ2v) is 8.99. The van der Waals surface area contributed by atoms with E-state index >= 15 is 0 Å². The third-order valence-corrected chi connectivity index (χ3v) is 5.71. The number of methoxy groups -OCH3 is 1. The van der Waals surface area contributed by atoms with Gasteiger partial charge in [0.1, 0.15) is 17.8 Å². The molecule has 32 heavy (non-hydrogen) atoms. The lowest BCUT2D eigenvalue weighted by Gasteiger charge is -2.24. The van der Waals surface area contributed by atoms with E-state index in [0.29, 0.717) is 22.7 Å². The lowest BCUT2D eigenvalue weighted by atomic mass is 9.84. The highest BCUT2D eigenvalue weighted by Crippen LogP contribution is 2.32. The lowest BCUT2D eigenvalue weighted by Crippen LogP contribution is -2.40. The number of benzene rings is 2. The molecule has 3 amide bonds. The van der Waals surface area contributed by atoms with Gasteiger partial charge in [-0.25, -0.2) is 4.79 Å². The molecule has 1 aliphatic heterocycles. The molecule has 0 aliphatic carbocycles. The summed E-state index contributed by atoms with van der Waals surface area (Å²) in [6.07, 6.45) is 0. The van der Waals surface area contributed by atoms with Crippen LogP contribution < -0.4 is 10.1 Å². The maximum atomic E-state index is 13.2. The maximum absolute atomic E-state index is 13.2. The van der Waals surface area contributed by atoms with Crippen molar-refractivity contribution in [1.82, 2.24) is 20.4 Å². The largest absolute Gasteiger partial charge is 0.496 e. The van der Waals surface area contributed by atoms with Crippen LogP contribution in [0.5, 0.6) is 5.75 Å². The van der Waals surface area contributed by atoms with Gasteiger partial charge < -0.3 is 14.6 Å². The average molecular weight is 434 g/mol. The Morgan fingerprint density at radius 2 is 1.78 bits per heavy atom. The van der Waals surface area contributed by atoms with Gasteiger partial charge in [0.25, 0.3) is 5.91 Å². The molecule has 1 unspecified atom stereocenters. The van der Waals surface area contributed by atoms with Crippen molar-refractivity contribution in [3.8, 4) is 17.1 Å². The van der Waals surface area contributed by atoms with E-state index in [2.05, 4.69) is 36.2 Å². The molecule has 1 N–H and O–H groups in total. The molecule has 1 aromatic heterocycles. The smallest absolute Gasteiger partial charge is 0.325 e. The predicted molar refractivity (Wildman–Crippen MR) is 118 cm³/mol. The first kappa shape index (κ1) is 21.5. The number of hydrogen-bond acceptors (Lipinski definition) is 6. The zero-order chi connectivity index (χ0) is 23.1. The summed E-state index contributed by atoms with van der Waals surface area (Å²) in [6.45, 7) is 7.95. The fourth-order valence-electron chi connectivity index (χ4n) is 3.73. The number of para-hydroxylation sites is 1. The number of rotatable bonds is 5. The summed E-state index contributed by atoms with van der Waals surface area (Å²) in [5, 5.41) is 6.79. The van der Waals surface area contributed by atoms with Gasteiger partial charge >= 0.3 is 6.03 Å². The molecular formula is C24H26N4O4. The summed E-state index contributed by atoms with van der Waals surface area (Å²) in [5.41, 5.74) is 1.34. The molecule has 0 radical (unpaired) electrons. The first-order valence-electron chi connectivity index (χ1n) is 10.3. The monoisotopic (exact) mass is 434 g/mol. The number of amides is 3. The summed E-state index contributed by atoms with van der Waals surface area (Å²) in [5.74, 6) is 0.705. The van der Waals surface area contributed by atoms with Crippen LogP contribution in [0.4, 0.5) is 4.79 Å². The lowest BCUT2D eigenvalue weighted by molar-refractivity contribution is -0.131. The second-order valence-electron chi connectivity index (χ2n) is 8.99. The standard InChI is InChI=1S/C24H26N4O4/c1-23(2,3)15-10-12-16(13-11-15)24(4)21(29)28(22(30)26-24)14-19-25-20(27-32-19)17-8-6-7-9-18(17)31-5/h6-13H,14H2,1-5H3,(H,26,30). The Balaban J connectivity index is 1.56. The first-order chi connectivity index (χ1) is 15.1.